The molecule has 1 N–H and O–H groups in total. The number of ketones is 1. The SMILES string of the molecule is COCCNc1ccc(C(=O)Oc2ccc(C(C)=O)cc2)cc1[N+](=O)[O-]. The number of carbonyl (C=O) groups is 2. The summed E-state index contributed by atoms with van der Waals surface area (Å²) in [6, 6.07) is 10.1. The van der Waals surface area contributed by atoms with Gasteiger partial charge in [-0.05, 0) is 43.3 Å². The Hall–Kier alpha value is -3.26. The summed E-state index contributed by atoms with van der Waals surface area (Å²) in [7, 11) is 1.53. The summed E-state index contributed by atoms with van der Waals surface area (Å²) >= 11 is 0. The van der Waals surface area contributed by atoms with Gasteiger partial charge in [-0.3, -0.25) is 14.9 Å². The minimum Gasteiger partial charge on any atom is -0.423 e. The number of esters is 1. The number of rotatable bonds is 8. The fraction of sp³-hybridized carbons (Fsp3) is 0.222. The zero-order valence-corrected chi connectivity index (χ0v) is 14.4. The molecule has 0 unspecified atom stereocenters. The van der Waals surface area contributed by atoms with Gasteiger partial charge < -0.3 is 14.8 Å². The van der Waals surface area contributed by atoms with Crippen molar-refractivity contribution >= 4 is 23.1 Å². The first-order chi connectivity index (χ1) is 12.4. The van der Waals surface area contributed by atoms with Crippen LogP contribution in [0.25, 0.3) is 0 Å². The predicted molar refractivity (Wildman–Crippen MR) is 94.9 cm³/mol. The van der Waals surface area contributed by atoms with Crippen LogP contribution in [0.1, 0.15) is 27.6 Å². The summed E-state index contributed by atoms with van der Waals surface area (Å²) in [5.41, 5.74) is 0.591. The molecule has 0 spiro atoms. The van der Waals surface area contributed by atoms with Crippen molar-refractivity contribution in [3.8, 4) is 5.75 Å². The van der Waals surface area contributed by atoms with Gasteiger partial charge in [-0.1, -0.05) is 0 Å². The average Bonchev–Trinajstić information content (AvgIpc) is 2.62. The number of nitrogens with one attached hydrogen (secondary N) is 1. The van der Waals surface area contributed by atoms with Crippen molar-refractivity contribution in [1.82, 2.24) is 0 Å². The lowest BCUT2D eigenvalue weighted by atomic mass is 10.1. The summed E-state index contributed by atoms with van der Waals surface area (Å²) in [6.45, 7) is 2.21. The van der Waals surface area contributed by atoms with E-state index in [-0.39, 0.29) is 28.5 Å². The lowest BCUT2D eigenvalue weighted by Crippen LogP contribution is -2.12. The van der Waals surface area contributed by atoms with Gasteiger partial charge in [0.25, 0.3) is 5.69 Å². The van der Waals surface area contributed by atoms with Crippen molar-refractivity contribution in [3.63, 3.8) is 0 Å². The Labute approximate surface area is 149 Å². The van der Waals surface area contributed by atoms with Crippen LogP contribution in [0.4, 0.5) is 11.4 Å². The number of benzene rings is 2. The molecule has 0 atom stereocenters. The fourth-order valence-corrected chi connectivity index (χ4v) is 2.17. The molecule has 8 heteroatoms. The lowest BCUT2D eigenvalue weighted by Gasteiger charge is -2.09. The Bertz CT molecular complexity index is 817. The molecule has 0 radical (unpaired) electrons. The van der Waals surface area contributed by atoms with Gasteiger partial charge in [-0.2, -0.15) is 0 Å². The summed E-state index contributed by atoms with van der Waals surface area (Å²) in [5.74, 6) is -0.591. The van der Waals surface area contributed by atoms with E-state index >= 15 is 0 Å². The summed E-state index contributed by atoms with van der Waals surface area (Å²) in [5, 5.41) is 14.1. The van der Waals surface area contributed by atoms with Crippen LogP contribution >= 0.6 is 0 Å². The predicted octanol–water partition coefficient (Wildman–Crippen LogP) is 3.07. The maximum absolute atomic E-state index is 12.2. The van der Waals surface area contributed by atoms with Crippen molar-refractivity contribution in [3.05, 3.63) is 63.7 Å². The number of anilines is 1. The molecule has 0 saturated heterocycles. The summed E-state index contributed by atoms with van der Waals surface area (Å²) in [6.07, 6.45) is 0. The molecule has 26 heavy (non-hydrogen) atoms. The normalized spacial score (nSPS) is 10.2. The van der Waals surface area contributed by atoms with Crippen LogP contribution in [-0.4, -0.2) is 36.9 Å². The van der Waals surface area contributed by atoms with Gasteiger partial charge in [0.2, 0.25) is 0 Å². The maximum atomic E-state index is 12.2. The standard InChI is InChI=1S/C18H18N2O6/c1-12(21)13-3-6-15(7-4-13)26-18(22)14-5-8-16(19-9-10-25-2)17(11-14)20(23)24/h3-8,11,19H,9-10H2,1-2H3. The van der Waals surface area contributed by atoms with E-state index in [1.54, 1.807) is 0 Å². The molecule has 2 rings (SSSR count). The van der Waals surface area contributed by atoms with E-state index in [0.29, 0.717) is 18.7 Å². The average molecular weight is 358 g/mol. The summed E-state index contributed by atoms with van der Waals surface area (Å²) in [4.78, 5) is 34.1. The van der Waals surface area contributed by atoms with E-state index < -0.39 is 10.9 Å². The first-order valence-corrected chi connectivity index (χ1v) is 7.77. The van der Waals surface area contributed by atoms with E-state index in [9.17, 15) is 19.7 Å². The smallest absolute Gasteiger partial charge is 0.343 e. The summed E-state index contributed by atoms with van der Waals surface area (Å²) < 4.78 is 10.1. The number of nitro groups is 1. The minimum absolute atomic E-state index is 0.0460. The van der Waals surface area contributed by atoms with E-state index in [4.69, 9.17) is 9.47 Å². The highest BCUT2D eigenvalue weighted by Gasteiger charge is 2.18. The number of nitrogens with zero attached hydrogens (tertiary/aromatic N) is 1. The molecule has 2 aromatic carbocycles. The number of ether oxygens (including phenoxy) is 2. The molecule has 0 aromatic heterocycles. The topological polar surface area (TPSA) is 108 Å². The molecule has 0 fully saturated rings. The van der Waals surface area contributed by atoms with Crippen LogP contribution in [-0.2, 0) is 4.74 Å². The van der Waals surface area contributed by atoms with E-state index in [2.05, 4.69) is 5.32 Å². The maximum Gasteiger partial charge on any atom is 0.343 e. The van der Waals surface area contributed by atoms with E-state index in [0.717, 1.165) is 6.07 Å². The number of nitro benzene ring substituents is 1. The zero-order valence-electron chi connectivity index (χ0n) is 14.4. The third kappa shape index (κ3) is 4.87. The Morgan fingerprint density at radius 1 is 1.12 bits per heavy atom. The van der Waals surface area contributed by atoms with Crippen molar-refractivity contribution < 1.29 is 24.0 Å². The van der Waals surface area contributed by atoms with Crippen molar-refractivity contribution in [2.45, 2.75) is 6.92 Å². The Morgan fingerprint density at radius 3 is 2.35 bits per heavy atom. The third-order valence-corrected chi connectivity index (χ3v) is 3.52. The lowest BCUT2D eigenvalue weighted by molar-refractivity contribution is -0.384. The highest BCUT2D eigenvalue weighted by molar-refractivity contribution is 5.95. The number of hydrogen-bond acceptors (Lipinski definition) is 7. The third-order valence-electron chi connectivity index (χ3n) is 3.52. The van der Waals surface area contributed by atoms with E-state index in [1.165, 1.54) is 50.4 Å². The molecule has 0 saturated carbocycles. The second-order valence-electron chi connectivity index (χ2n) is 5.38. The van der Waals surface area contributed by atoms with Gasteiger partial charge in [0.05, 0.1) is 17.1 Å². The van der Waals surface area contributed by atoms with Gasteiger partial charge >= 0.3 is 5.97 Å². The van der Waals surface area contributed by atoms with Crippen molar-refractivity contribution in [1.29, 1.82) is 0 Å². The van der Waals surface area contributed by atoms with Gasteiger partial charge in [0.1, 0.15) is 11.4 Å². The van der Waals surface area contributed by atoms with Crippen LogP contribution in [0.2, 0.25) is 0 Å². The van der Waals surface area contributed by atoms with Crippen molar-refractivity contribution in [2.24, 2.45) is 0 Å². The molecule has 0 aliphatic rings. The molecule has 8 nitrogen and oxygen atoms in total. The number of hydrogen-bond donors (Lipinski definition) is 1. The van der Waals surface area contributed by atoms with Crippen LogP contribution in [0.15, 0.2) is 42.5 Å². The molecule has 0 aliphatic heterocycles. The molecule has 136 valence electrons. The molecule has 0 heterocycles. The van der Waals surface area contributed by atoms with Gasteiger partial charge in [-0.25, -0.2) is 4.79 Å². The fourth-order valence-electron chi connectivity index (χ4n) is 2.17. The molecule has 0 aliphatic carbocycles. The van der Waals surface area contributed by atoms with Crippen LogP contribution in [0, 0.1) is 10.1 Å². The highest BCUT2D eigenvalue weighted by Crippen LogP contribution is 2.26. The second kappa shape index (κ2) is 8.72. The minimum atomic E-state index is -0.730. The van der Waals surface area contributed by atoms with Crippen LogP contribution in [0.5, 0.6) is 5.75 Å². The Kier molecular flexibility index (Phi) is 6.40. The molecule has 0 amide bonds. The largest absolute Gasteiger partial charge is 0.423 e. The number of methoxy groups -OCH3 is 1. The molecular weight excluding hydrogens is 340 g/mol. The number of Topliss-reactive ketones (excluding diaryl/α,β-unsaturated/α-hetero) is 1. The quantitative estimate of drug-likeness (QED) is 0.193. The number of carbonyl (C=O) groups excluding carboxylic acids is 2. The Morgan fingerprint density at radius 2 is 1.77 bits per heavy atom. The molecule has 2 aromatic rings. The van der Waals surface area contributed by atoms with Gasteiger partial charge in [-0.15, -0.1) is 0 Å². The molecular formula is C18H18N2O6. The molecule has 0 bridgehead atoms. The van der Waals surface area contributed by atoms with Crippen molar-refractivity contribution in [2.75, 3.05) is 25.6 Å². The first kappa shape index (κ1) is 19.1. The Balaban J connectivity index is 2.16. The van der Waals surface area contributed by atoms with Gasteiger partial charge in [0, 0.05) is 25.3 Å². The van der Waals surface area contributed by atoms with Gasteiger partial charge in [0.15, 0.2) is 5.78 Å². The monoisotopic (exact) mass is 358 g/mol. The van der Waals surface area contributed by atoms with E-state index in [1.807, 2.05) is 0 Å². The zero-order chi connectivity index (χ0) is 19.1. The first-order valence-electron chi connectivity index (χ1n) is 7.77. The van der Waals surface area contributed by atoms with Crippen LogP contribution < -0.4 is 10.1 Å². The highest BCUT2D eigenvalue weighted by atomic mass is 16.6. The second-order valence-corrected chi connectivity index (χ2v) is 5.38. The van der Waals surface area contributed by atoms with Crippen LogP contribution in [0.3, 0.4) is 0 Å².